The van der Waals surface area contributed by atoms with E-state index in [0.29, 0.717) is 19.3 Å². The summed E-state index contributed by atoms with van der Waals surface area (Å²) < 4.78 is 16.0. The summed E-state index contributed by atoms with van der Waals surface area (Å²) in [4.78, 5) is 51.6. The number of ketones is 1. The number of rotatable bonds is 3. The molecule has 0 amide bonds. The van der Waals surface area contributed by atoms with Gasteiger partial charge in [0.2, 0.25) is 0 Å². The predicted molar refractivity (Wildman–Crippen MR) is 112 cm³/mol. The van der Waals surface area contributed by atoms with Gasteiger partial charge in [-0.1, -0.05) is 25.6 Å². The van der Waals surface area contributed by atoms with Gasteiger partial charge < -0.3 is 13.9 Å². The van der Waals surface area contributed by atoms with Crippen LogP contribution in [0.25, 0.3) is 0 Å². The molecule has 1 saturated heterocycles. The van der Waals surface area contributed by atoms with Gasteiger partial charge in [0.05, 0.1) is 36.7 Å². The van der Waals surface area contributed by atoms with E-state index in [1.54, 1.807) is 12.3 Å². The largest absolute Gasteiger partial charge is 0.472 e. The quantitative estimate of drug-likeness (QED) is 0.645. The Morgan fingerprint density at radius 2 is 1.97 bits per heavy atom. The summed E-state index contributed by atoms with van der Waals surface area (Å²) in [6, 6.07) is 1.76. The number of Topliss-reactive ketones (excluding diaryl/α,β-unsaturated/α-hetero) is 1. The van der Waals surface area contributed by atoms with Gasteiger partial charge in [-0.05, 0) is 42.6 Å². The van der Waals surface area contributed by atoms with Crippen LogP contribution in [-0.4, -0.2) is 35.2 Å². The Balaban J connectivity index is 1.80. The van der Waals surface area contributed by atoms with Crippen LogP contribution >= 0.6 is 11.8 Å². The van der Waals surface area contributed by atoms with Gasteiger partial charge in [-0.25, -0.2) is 0 Å². The van der Waals surface area contributed by atoms with Crippen molar-refractivity contribution in [1.29, 1.82) is 0 Å². The molecule has 0 bridgehead atoms. The van der Waals surface area contributed by atoms with Crippen molar-refractivity contribution in [3.63, 3.8) is 0 Å². The zero-order chi connectivity index (χ0) is 22.6. The molecule has 7 atom stereocenters. The van der Waals surface area contributed by atoms with E-state index in [2.05, 4.69) is 0 Å². The van der Waals surface area contributed by atoms with Crippen molar-refractivity contribution in [3.05, 3.63) is 24.2 Å². The lowest BCUT2D eigenvalue weighted by atomic mass is 9.43. The third kappa shape index (κ3) is 3.43. The molecule has 7 unspecified atom stereocenters. The molecule has 3 fully saturated rings. The van der Waals surface area contributed by atoms with E-state index >= 15 is 0 Å². The third-order valence-electron chi connectivity index (χ3n) is 7.81. The van der Waals surface area contributed by atoms with Crippen LogP contribution in [0.2, 0.25) is 0 Å². The van der Waals surface area contributed by atoms with E-state index in [4.69, 9.17) is 13.9 Å². The zero-order valence-electron chi connectivity index (χ0n) is 18.2. The molecule has 3 aliphatic rings. The zero-order valence-corrected chi connectivity index (χ0v) is 19.0. The van der Waals surface area contributed by atoms with Crippen molar-refractivity contribution in [3.8, 4) is 0 Å². The first-order valence-electron chi connectivity index (χ1n) is 10.6. The highest BCUT2D eigenvalue weighted by molar-refractivity contribution is 8.14. The second kappa shape index (κ2) is 7.80. The molecule has 1 aromatic heterocycles. The molecular weight excluding hydrogens is 420 g/mol. The van der Waals surface area contributed by atoms with Gasteiger partial charge in [-0.3, -0.25) is 19.2 Å². The smallest absolute Gasteiger partial charge is 0.310 e. The van der Waals surface area contributed by atoms with E-state index in [1.165, 1.54) is 20.3 Å². The standard InChI is InChI=1S/C23H28O7S/c1-12(24)31-17-9-15(20(26)28-4)22(2)7-5-14-21(27)30-16(13-6-8-29-11-13)10-23(14,3)19(22)18(17)25/h6,8,11,14-17,19H,5,7,9-10H2,1-4H3. The van der Waals surface area contributed by atoms with Crippen LogP contribution in [-0.2, 0) is 28.7 Å². The van der Waals surface area contributed by atoms with Crippen LogP contribution in [0.1, 0.15) is 58.1 Å². The van der Waals surface area contributed by atoms with Crippen LogP contribution < -0.4 is 0 Å². The van der Waals surface area contributed by atoms with Crippen molar-refractivity contribution in [2.45, 2.75) is 57.8 Å². The Morgan fingerprint density at radius 3 is 2.58 bits per heavy atom. The molecule has 7 nitrogen and oxygen atoms in total. The number of hydrogen-bond donors (Lipinski definition) is 0. The van der Waals surface area contributed by atoms with Crippen LogP contribution in [0.3, 0.4) is 0 Å². The summed E-state index contributed by atoms with van der Waals surface area (Å²) in [7, 11) is 1.35. The second-order valence-corrected chi connectivity index (χ2v) is 10.9. The summed E-state index contributed by atoms with van der Waals surface area (Å²) in [5.41, 5.74) is -0.603. The van der Waals surface area contributed by atoms with E-state index < -0.39 is 39.9 Å². The summed E-state index contributed by atoms with van der Waals surface area (Å²) >= 11 is 0.980. The summed E-state index contributed by atoms with van der Waals surface area (Å²) in [6.07, 6.45) is 4.40. The normalized spacial score (nSPS) is 39.8. The SMILES string of the molecule is COC(=O)C1CC(SC(C)=O)C(=O)C2C1(C)CCC1C(=O)OC(c3ccoc3)CC12C. The van der Waals surface area contributed by atoms with Crippen LogP contribution in [0, 0.1) is 28.6 Å². The molecule has 0 aromatic carbocycles. The number of thioether (sulfide) groups is 1. The molecule has 1 aromatic rings. The molecule has 2 heterocycles. The lowest BCUT2D eigenvalue weighted by Gasteiger charge is -2.61. The molecule has 4 rings (SSSR count). The lowest BCUT2D eigenvalue weighted by molar-refractivity contribution is -0.202. The molecule has 2 saturated carbocycles. The fraction of sp³-hybridized carbons (Fsp3) is 0.652. The Labute approximate surface area is 185 Å². The highest BCUT2D eigenvalue weighted by Crippen LogP contribution is 2.65. The van der Waals surface area contributed by atoms with E-state index in [1.807, 2.05) is 13.8 Å². The molecule has 0 radical (unpaired) electrons. The highest BCUT2D eigenvalue weighted by Gasteiger charge is 2.67. The number of methoxy groups -OCH3 is 1. The van der Waals surface area contributed by atoms with Gasteiger partial charge in [-0.15, -0.1) is 0 Å². The Hall–Kier alpha value is -2.09. The first kappa shape index (κ1) is 22.1. The van der Waals surface area contributed by atoms with E-state index in [0.717, 1.165) is 17.3 Å². The number of furan rings is 1. The van der Waals surface area contributed by atoms with Gasteiger partial charge in [-0.2, -0.15) is 0 Å². The molecule has 168 valence electrons. The number of esters is 2. The Morgan fingerprint density at radius 1 is 1.23 bits per heavy atom. The first-order valence-corrected chi connectivity index (χ1v) is 11.5. The topological polar surface area (TPSA) is 99.9 Å². The molecule has 0 N–H and O–H groups in total. The average molecular weight is 449 g/mol. The van der Waals surface area contributed by atoms with Gasteiger partial charge in [0.1, 0.15) is 6.10 Å². The first-order chi connectivity index (χ1) is 14.6. The third-order valence-corrected chi connectivity index (χ3v) is 8.85. The number of carbonyl (C=O) groups is 4. The van der Waals surface area contributed by atoms with Crippen molar-refractivity contribution in [2.75, 3.05) is 7.11 Å². The monoisotopic (exact) mass is 448 g/mol. The summed E-state index contributed by atoms with van der Waals surface area (Å²) in [5.74, 6) is -2.23. The number of ether oxygens (including phenoxy) is 2. The minimum absolute atomic E-state index is 0.0457. The molecule has 8 heteroatoms. The molecular formula is C23H28O7S. The van der Waals surface area contributed by atoms with Crippen molar-refractivity contribution in [2.24, 2.45) is 28.6 Å². The maximum atomic E-state index is 13.8. The Bertz CT molecular complexity index is 909. The fourth-order valence-electron chi connectivity index (χ4n) is 6.46. The second-order valence-electron chi connectivity index (χ2n) is 9.53. The summed E-state index contributed by atoms with van der Waals surface area (Å²) in [6.45, 7) is 5.37. The van der Waals surface area contributed by atoms with E-state index in [9.17, 15) is 19.2 Å². The maximum Gasteiger partial charge on any atom is 0.310 e. The number of hydrogen-bond acceptors (Lipinski definition) is 8. The highest BCUT2D eigenvalue weighted by atomic mass is 32.2. The fourth-order valence-corrected chi connectivity index (χ4v) is 7.41. The van der Waals surface area contributed by atoms with Crippen molar-refractivity contribution >= 4 is 34.6 Å². The minimum atomic E-state index is -0.705. The van der Waals surface area contributed by atoms with Crippen molar-refractivity contribution < 1.29 is 33.1 Å². The Kier molecular flexibility index (Phi) is 5.56. The van der Waals surface area contributed by atoms with Crippen LogP contribution in [0.5, 0.6) is 0 Å². The van der Waals surface area contributed by atoms with Crippen molar-refractivity contribution in [1.82, 2.24) is 0 Å². The van der Waals surface area contributed by atoms with Crippen LogP contribution in [0.4, 0.5) is 0 Å². The maximum absolute atomic E-state index is 13.8. The molecule has 2 aliphatic carbocycles. The molecule has 1 aliphatic heterocycles. The van der Waals surface area contributed by atoms with Gasteiger partial charge in [0, 0.05) is 18.4 Å². The van der Waals surface area contributed by atoms with Gasteiger partial charge >= 0.3 is 11.9 Å². The summed E-state index contributed by atoms with van der Waals surface area (Å²) in [5, 5.41) is -0.789. The molecule has 0 spiro atoms. The lowest BCUT2D eigenvalue weighted by Crippen LogP contribution is -2.64. The van der Waals surface area contributed by atoms with Crippen LogP contribution in [0.15, 0.2) is 23.0 Å². The van der Waals surface area contributed by atoms with Gasteiger partial charge in [0.25, 0.3) is 0 Å². The number of fused-ring (bicyclic) bond motifs is 3. The number of carbonyl (C=O) groups excluding carboxylic acids is 4. The average Bonchev–Trinajstić information content (AvgIpc) is 3.23. The number of cyclic esters (lactones) is 1. The molecule has 31 heavy (non-hydrogen) atoms. The van der Waals surface area contributed by atoms with Gasteiger partial charge in [0.15, 0.2) is 10.9 Å². The predicted octanol–water partition coefficient (Wildman–Crippen LogP) is 3.72. The minimum Gasteiger partial charge on any atom is -0.472 e. The van der Waals surface area contributed by atoms with E-state index in [-0.39, 0.29) is 29.3 Å².